The first-order chi connectivity index (χ1) is 7.54. The van der Waals surface area contributed by atoms with Gasteiger partial charge in [-0.3, -0.25) is 9.05 Å². The summed E-state index contributed by atoms with van der Waals surface area (Å²) in [6.07, 6.45) is 5.19. The van der Waals surface area contributed by atoms with Crippen LogP contribution in [0.5, 0.6) is 0 Å². The lowest BCUT2D eigenvalue weighted by Gasteiger charge is -2.10. The molecule has 4 nitrogen and oxygen atoms in total. The van der Waals surface area contributed by atoms with E-state index in [1.54, 1.807) is 6.08 Å². The molecule has 0 unspecified atom stereocenters. The Labute approximate surface area is 99.3 Å². The summed E-state index contributed by atoms with van der Waals surface area (Å²) in [6.45, 7) is 9.81. The zero-order chi connectivity index (χ0) is 12.9. The summed E-state index contributed by atoms with van der Waals surface area (Å²) in [5.74, 6) is 0. The molecule has 0 aliphatic carbocycles. The fourth-order valence-corrected chi connectivity index (χ4v) is 1.48. The smallest absolute Gasteiger partial charge is 0.302 e. The molecule has 0 rings (SSSR count). The van der Waals surface area contributed by atoms with Crippen LogP contribution in [0.2, 0.25) is 0 Å². The number of hydrogen-bond acceptors (Lipinski definition) is 3. The highest BCUT2D eigenvalue weighted by Gasteiger charge is 2.19. The van der Waals surface area contributed by atoms with E-state index in [1.165, 1.54) is 0 Å². The van der Waals surface area contributed by atoms with Crippen LogP contribution in [0.1, 0.15) is 46.5 Å². The molecule has 0 saturated heterocycles. The van der Waals surface area contributed by atoms with Crippen LogP contribution in [0, 0.1) is 0 Å². The average Bonchev–Trinajstić information content (AvgIpc) is 2.19. The Kier molecular flexibility index (Phi) is 14.7. The lowest BCUT2D eigenvalue weighted by Crippen LogP contribution is -1.98. The van der Waals surface area contributed by atoms with Crippen LogP contribution < -0.4 is 0 Å². The molecule has 0 aromatic heterocycles. The maximum absolute atomic E-state index is 11.1. The number of hydrogen-bond donors (Lipinski definition) is 1. The topological polar surface area (TPSA) is 55.8 Å². The molecule has 98 valence electrons. The van der Waals surface area contributed by atoms with Gasteiger partial charge in [-0.1, -0.05) is 32.8 Å². The second-order valence-electron chi connectivity index (χ2n) is 3.25. The van der Waals surface area contributed by atoms with Gasteiger partial charge in [0, 0.05) is 0 Å². The van der Waals surface area contributed by atoms with Crippen molar-refractivity contribution in [2.24, 2.45) is 0 Å². The van der Waals surface area contributed by atoms with E-state index in [1.807, 2.05) is 20.8 Å². The van der Waals surface area contributed by atoms with Crippen molar-refractivity contribution in [1.29, 1.82) is 0 Å². The minimum absolute atomic E-state index is 0.288. The Morgan fingerprint density at radius 2 is 1.50 bits per heavy atom. The Morgan fingerprint density at radius 3 is 1.75 bits per heavy atom. The van der Waals surface area contributed by atoms with Gasteiger partial charge >= 0.3 is 7.82 Å². The number of unbranched alkanes of at least 4 members (excludes halogenated alkanes) is 2. The van der Waals surface area contributed by atoms with Crippen molar-refractivity contribution in [3.05, 3.63) is 12.7 Å². The molecule has 0 saturated carbocycles. The van der Waals surface area contributed by atoms with E-state index in [0.29, 0.717) is 0 Å². The molecule has 0 aliphatic heterocycles. The predicted molar refractivity (Wildman–Crippen MR) is 67.4 cm³/mol. The van der Waals surface area contributed by atoms with Crippen molar-refractivity contribution in [3.8, 4) is 0 Å². The Bertz CT molecular complexity index is 180. The first-order valence-corrected chi connectivity index (χ1v) is 7.22. The van der Waals surface area contributed by atoms with Gasteiger partial charge in [0.2, 0.25) is 0 Å². The van der Waals surface area contributed by atoms with Crippen molar-refractivity contribution in [2.45, 2.75) is 46.5 Å². The zero-order valence-corrected chi connectivity index (χ0v) is 11.5. The van der Waals surface area contributed by atoms with E-state index in [4.69, 9.17) is 13.9 Å². The predicted octanol–water partition coefficient (Wildman–Crippen LogP) is 3.91. The second kappa shape index (κ2) is 12.9. The van der Waals surface area contributed by atoms with Crippen molar-refractivity contribution < 1.29 is 18.5 Å². The third-order valence-electron chi connectivity index (χ3n) is 1.50. The first kappa shape index (κ1) is 18.2. The Balaban J connectivity index is 0. The fraction of sp³-hybridized carbons (Fsp3) is 0.818. The van der Waals surface area contributed by atoms with Crippen molar-refractivity contribution in [3.63, 3.8) is 0 Å². The quantitative estimate of drug-likeness (QED) is 0.404. The van der Waals surface area contributed by atoms with Gasteiger partial charge in [0.05, 0.1) is 13.2 Å². The summed E-state index contributed by atoms with van der Waals surface area (Å²) in [6, 6.07) is 0. The monoisotopic (exact) mass is 252 g/mol. The van der Waals surface area contributed by atoms with Gasteiger partial charge in [-0.2, -0.15) is 0 Å². The third-order valence-corrected chi connectivity index (χ3v) is 2.52. The van der Waals surface area contributed by atoms with Crippen LogP contribution in [0.4, 0.5) is 0 Å². The van der Waals surface area contributed by atoms with Gasteiger partial charge < -0.3 is 4.89 Å². The average molecular weight is 252 g/mol. The van der Waals surface area contributed by atoms with E-state index < -0.39 is 7.82 Å². The van der Waals surface area contributed by atoms with Crippen molar-refractivity contribution in [2.75, 3.05) is 13.2 Å². The molecule has 0 bridgehead atoms. The minimum atomic E-state index is -3.75. The summed E-state index contributed by atoms with van der Waals surface area (Å²) < 4.78 is 20.5. The van der Waals surface area contributed by atoms with Gasteiger partial charge in [0.15, 0.2) is 0 Å². The van der Waals surface area contributed by atoms with Gasteiger partial charge in [0.1, 0.15) is 0 Å². The van der Waals surface area contributed by atoms with Crippen molar-refractivity contribution >= 4 is 7.82 Å². The summed E-state index contributed by atoms with van der Waals surface area (Å²) in [4.78, 5) is 9.08. The van der Waals surface area contributed by atoms with Crippen LogP contribution in [0.25, 0.3) is 0 Å². The summed E-state index contributed by atoms with van der Waals surface area (Å²) >= 11 is 0. The minimum Gasteiger partial charge on any atom is -0.302 e. The number of phosphoric acid groups is 1. The zero-order valence-electron chi connectivity index (χ0n) is 10.6. The van der Waals surface area contributed by atoms with Crippen molar-refractivity contribution in [1.82, 2.24) is 0 Å². The molecule has 0 heterocycles. The molecular formula is C11H25O4P. The first-order valence-electron chi connectivity index (χ1n) is 5.72. The second-order valence-corrected chi connectivity index (χ2v) is 4.70. The molecule has 0 amide bonds. The Hall–Kier alpha value is -0.150. The number of allylic oxidation sites excluding steroid dienone is 1. The lowest BCUT2D eigenvalue weighted by molar-refractivity contribution is 0.146. The normalized spacial score (nSPS) is 10.5. The third kappa shape index (κ3) is 16.3. The van der Waals surface area contributed by atoms with E-state index >= 15 is 0 Å². The summed E-state index contributed by atoms with van der Waals surface area (Å²) in [5, 5.41) is 0. The van der Waals surface area contributed by atoms with E-state index in [-0.39, 0.29) is 13.2 Å². The fourth-order valence-electron chi connectivity index (χ4n) is 0.686. The van der Waals surface area contributed by atoms with E-state index in [9.17, 15) is 4.57 Å². The van der Waals surface area contributed by atoms with Gasteiger partial charge in [-0.15, -0.1) is 6.58 Å². The highest BCUT2D eigenvalue weighted by Crippen LogP contribution is 2.43. The number of rotatable bonds is 8. The molecule has 0 aromatic carbocycles. The molecule has 16 heavy (non-hydrogen) atoms. The number of phosphoric ester groups is 1. The lowest BCUT2D eigenvalue weighted by atomic mass is 10.4. The van der Waals surface area contributed by atoms with Crippen LogP contribution >= 0.6 is 7.82 Å². The van der Waals surface area contributed by atoms with Crippen LogP contribution in [-0.2, 0) is 13.6 Å². The molecule has 0 fully saturated rings. The Morgan fingerprint density at radius 1 is 1.19 bits per heavy atom. The molecule has 5 heteroatoms. The largest absolute Gasteiger partial charge is 0.472 e. The molecular weight excluding hydrogens is 227 g/mol. The molecule has 0 spiro atoms. The van der Waals surface area contributed by atoms with Crippen LogP contribution in [0.3, 0.4) is 0 Å². The van der Waals surface area contributed by atoms with Crippen LogP contribution in [-0.4, -0.2) is 18.1 Å². The molecule has 0 aromatic rings. The highest BCUT2D eigenvalue weighted by molar-refractivity contribution is 7.47. The van der Waals surface area contributed by atoms with E-state index in [2.05, 4.69) is 6.58 Å². The maximum Gasteiger partial charge on any atom is 0.472 e. The maximum atomic E-state index is 11.1. The highest BCUT2D eigenvalue weighted by atomic mass is 31.2. The molecule has 0 aliphatic rings. The van der Waals surface area contributed by atoms with Gasteiger partial charge in [-0.05, 0) is 19.8 Å². The molecule has 0 radical (unpaired) electrons. The van der Waals surface area contributed by atoms with Gasteiger partial charge in [0.25, 0.3) is 0 Å². The molecule has 1 N–H and O–H groups in total. The standard InChI is InChI=1S/C8H19O4P.C3H6/c1-3-5-7-11-13(9,10)12-8-6-4-2;1-3-2/h3-8H2,1-2H3,(H,9,10);3H,1H2,2H3. The molecule has 0 atom stereocenters. The SMILES string of the molecule is C=CC.CCCCOP(=O)(O)OCCCC. The van der Waals surface area contributed by atoms with E-state index in [0.717, 1.165) is 25.7 Å². The summed E-state index contributed by atoms with van der Waals surface area (Å²) in [7, 11) is -3.75. The van der Waals surface area contributed by atoms with Crippen LogP contribution in [0.15, 0.2) is 12.7 Å². The van der Waals surface area contributed by atoms with Gasteiger partial charge in [-0.25, -0.2) is 4.57 Å². The summed E-state index contributed by atoms with van der Waals surface area (Å²) in [5.41, 5.74) is 0.